The molecule has 0 aromatic heterocycles. The van der Waals surface area contributed by atoms with Crippen LogP contribution in [-0.2, 0) is 4.74 Å². The van der Waals surface area contributed by atoms with Gasteiger partial charge in [-0.25, -0.2) is 0 Å². The third kappa shape index (κ3) is 2.39. The Balaban J connectivity index is 2.25. The zero-order chi connectivity index (χ0) is 10.7. The lowest BCUT2D eigenvalue weighted by Gasteiger charge is -2.26. The highest BCUT2D eigenvalue weighted by molar-refractivity contribution is 5.32. The van der Waals surface area contributed by atoms with Crippen molar-refractivity contribution >= 4 is 0 Å². The predicted octanol–water partition coefficient (Wildman–Crippen LogP) is 2.47. The molecule has 2 heteroatoms. The predicted molar refractivity (Wildman–Crippen MR) is 62.1 cm³/mol. The van der Waals surface area contributed by atoms with E-state index < -0.39 is 0 Å². The number of hydrogen-bond acceptors (Lipinski definition) is 2. The van der Waals surface area contributed by atoms with Crippen molar-refractivity contribution in [2.24, 2.45) is 0 Å². The smallest absolute Gasteiger partial charge is 0.0952 e. The van der Waals surface area contributed by atoms with Gasteiger partial charge in [0.1, 0.15) is 0 Å². The molecule has 1 aromatic rings. The molecular formula is C13H19NO. The van der Waals surface area contributed by atoms with Gasteiger partial charge < -0.3 is 10.1 Å². The zero-order valence-electron chi connectivity index (χ0n) is 9.49. The Labute approximate surface area is 91.6 Å². The molecule has 1 unspecified atom stereocenters. The van der Waals surface area contributed by atoms with Crippen LogP contribution >= 0.6 is 0 Å². The molecule has 1 atom stereocenters. The molecule has 2 rings (SSSR count). The van der Waals surface area contributed by atoms with E-state index in [0.29, 0.717) is 5.92 Å². The average molecular weight is 205 g/mol. The quantitative estimate of drug-likeness (QED) is 0.801. The van der Waals surface area contributed by atoms with E-state index in [2.05, 4.69) is 43.4 Å². The summed E-state index contributed by atoms with van der Waals surface area (Å²) in [7, 11) is 0. The number of rotatable bonds is 2. The molecule has 0 aliphatic carbocycles. The van der Waals surface area contributed by atoms with Crippen LogP contribution in [0.25, 0.3) is 0 Å². The lowest BCUT2D eigenvalue weighted by molar-refractivity contribution is 0.0270. The van der Waals surface area contributed by atoms with Crippen molar-refractivity contribution in [3.63, 3.8) is 0 Å². The summed E-state index contributed by atoms with van der Waals surface area (Å²) >= 11 is 0. The fourth-order valence-corrected chi connectivity index (χ4v) is 2.10. The van der Waals surface area contributed by atoms with Gasteiger partial charge in [0, 0.05) is 13.1 Å². The maximum absolute atomic E-state index is 5.79. The second-order valence-electron chi connectivity index (χ2n) is 4.35. The van der Waals surface area contributed by atoms with E-state index in [1.807, 2.05) is 0 Å². The highest BCUT2D eigenvalue weighted by Gasteiger charge is 2.19. The van der Waals surface area contributed by atoms with Crippen LogP contribution < -0.4 is 5.32 Å². The molecule has 1 N–H and O–H groups in total. The minimum Gasteiger partial charge on any atom is -0.371 e. The van der Waals surface area contributed by atoms with E-state index in [4.69, 9.17) is 4.74 Å². The Hall–Kier alpha value is -0.860. The monoisotopic (exact) mass is 205 g/mol. The van der Waals surface area contributed by atoms with Crippen LogP contribution in [0.1, 0.15) is 37.0 Å². The summed E-state index contributed by atoms with van der Waals surface area (Å²) in [5.41, 5.74) is 2.76. The van der Waals surface area contributed by atoms with Crippen LogP contribution in [0.3, 0.4) is 0 Å². The van der Waals surface area contributed by atoms with Gasteiger partial charge in [0.25, 0.3) is 0 Å². The second-order valence-corrected chi connectivity index (χ2v) is 4.35. The molecule has 1 fully saturated rings. The first kappa shape index (κ1) is 10.7. The number of morpholine rings is 1. The average Bonchev–Trinajstić information content (AvgIpc) is 2.30. The van der Waals surface area contributed by atoms with Crippen LogP contribution in [0.4, 0.5) is 0 Å². The Morgan fingerprint density at radius 1 is 1.33 bits per heavy atom. The van der Waals surface area contributed by atoms with Gasteiger partial charge in [0.15, 0.2) is 0 Å². The minimum absolute atomic E-state index is 0.234. The van der Waals surface area contributed by atoms with E-state index in [1.54, 1.807) is 0 Å². The molecule has 1 aliphatic heterocycles. The van der Waals surface area contributed by atoms with Crippen molar-refractivity contribution in [3.05, 3.63) is 35.4 Å². The van der Waals surface area contributed by atoms with Crippen molar-refractivity contribution in [3.8, 4) is 0 Å². The van der Waals surface area contributed by atoms with Crippen molar-refractivity contribution in [1.29, 1.82) is 0 Å². The molecule has 1 aromatic carbocycles. The van der Waals surface area contributed by atoms with Crippen molar-refractivity contribution in [2.45, 2.75) is 25.9 Å². The van der Waals surface area contributed by atoms with Gasteiger partial charge in [0.05, 0.1) is 12.7 Å². The van der Waals surface area contributed by atoms with Gasteiger partial charge in [-0.2, -0.15) is 0 Å². The van der Waals surface area contributed by atoms with Crippen LogP contribution in [0, 0.1) is 0 Å². The molecule has 1 heterocycles. The third-order valence-electron chi connectivity index (χ3n) is 2.89. The van der Waals surface area contributed by atoms with Gasteiger partial charge in [-0.3, -0.25) is 0 Å². The largest absolute Gasteiger partial charge is 0.371 e. The fourth-order valence-electron chi connectivity index (χ4n) is 2.10. The lowest BCUT2D eigenvalue weighted by Crippen LogP contribution is -2.33. The molecule has 0 saturated carbocycles. The van der Waals surface area contributed by atoms with E-state index >= 15 is 0 Å². The molecule has 1 aliphatic rings. The normalized spacial score (nSPS) is 21.9. The summed E-state index contributed by atoms with van der Waals surface area (Å²) in [5, 5.41) is 3.37. The first-order chi connectivity index (χ1) is 7.29. The molecule has 82 valence electrons. The van der Waals surface area contributed by atoms with Gasteiger partial charge in [-0.05, 0) is 17.0 Å². The first-order valence-corrected chi connectivity index (χ1v) is 5.70. The minimum atomic E-state index is 0.234. The molecule has 2 nitrogen and oxygen atoms in total. The van der Waals surface area contributed by atoms with E-state index in [1.165, 1.54) is 11.1 Å². The van der Waals surface area contributed by atoms with Crippen molar-refractivity contribution in [1.82, 2.24) is 5.32 Å². The van der Waals surface area contributed by atoms with Crippen molar-refractivity contribution in [2.75, 3.05) is 19.7 Å². The SMILES string of the molecule is CC(C)c1ccccc1C1CNCCO1. The van der Waals surface area contributed by atoms with Gasteiger partial charge in [0.2, 0.25) is 0 Å². The zero-order valence-corrected chi connectivity index (χ0v) is 9.49. The Morgan fingerprint density at radius 3 is 2.80 bits per heavy atom. The maximum Gasteiger partial charge on any atom is 0.0952 e. The van der Waals surface area contributed by atoms with Crippen LogP contribution in [0.15, 0.2) is 24.3 Å². The van der Waals surface area contributed by atoms with E-state index in [0.717, 1.165) is 19.7 Å². The molecule has 0 radical (unpaired) electrons. The van der Waals surface area contributed by atoms with Gasteiger partial charge in [-0.15, -0.1) is 0 Å². The highest BCUT2D eigenvalue weighted by Crippen LogP contribution is 2.27. The second kappa shape index (κ2) is 4.77. The maximum atomic E-state index is 5.79. The molecule has 0 amide bonds. The number of benzene rings is 1. The summed E-state index contributed by atoms with van der Waals surface area (Å²) < 4.78 is 5.79. The lowest BCUT2D eigenvalue weighted by atomic mass is 9.93. The van der Waals surface area contributed by atoms with Crippen molar-refractivity contribution < 1.29 is 4.74 Å². The van der Waals surface area contributed by atoms with Crippen LogP contribution in [0.5, 0.6) is 0 Å². The Kier molecular flexibility index (Phi) is 3.39. The van der Waals surface area contributed by atoms with E-state index in [-0.39, 0.29) is 6.10 Å². The highest BCUT2D eigenvalue weighted by atomic mass is 16.5. The standard InChI is InChI=1S/C13H19NO/c1-10(2)11-5-3-4-6-12(11)13-9-14-7-8-15-13/h3-6,10,13-14H,7-9H2,1-2H3. The topological polar surface area (TPSA) is 21.3 Å². The molecule has 1 saturated heterocycles. The molecular weight excluding hydrogens is 186 g/mol. The Morgan fingerprint density at radius 2 is 2.13 bits per heavy atom. The summed E-state index contributed by atoms with van der Waals surface area (Å²) in [6.07, 6.45) is 0.234. The van der Waals surface area contributed by atoms with Gasteiger partial charge in [-0.1, -0.05) is 38.1 Å². The number of ether oxygens (including phenoxy) is 1. The summed E-state index contributed by atoms with van der Waals surface area (Å²) in [5.74, 6) is 0.562. The first-order valence-electron chi connectivity index (χ1n) is 5.70. The Bertz CT molecular complexity index is 316. The van der Waals surface area contributed by atoms with E-state index in [9.17, 15) is 0 Å². The number of hydrogen-bond donors (Lipinski definition) is 1. The summed E-state index contributed by atoms with van der Waals surface area (Å²) in [6.45, 7) is 7.19. The van der Waals surface area contributed by atoms with Gasteiger partial charge >= 0.3 is 0 Å². The van der Waals surface area contributed by atoms with Crippen LogP contribution in [-0.4, -0.2) is 19.7 Å². The number of nitrogens with one attached hydrogen (secondary N) is 1. The molecule has 15 heavy (non-hydrogen) atoms. The molecule has 0 spiro atoms. The molecule has 0 bridgehead atoms. The fraction of sp³-hybridized carbons (Fsp3) is 0.538. The summed E-state index contributed by atoms with van der Waals surface area (Å²) in [4.78, 5) is 0. The third-order valence-corrected chi connectivity index (χ3v) is 2.89. The summed E-state index contributed by atoms with van der Waals surface area (Å²) in [6, 6.07) is 8.60. The van der Waals surface area contributed by atoms with Crippen LogP contribution in [0.2, 0.25) is 0 Å².